The Hall–Kier alpha value is -0.540. The molecule has 82 valence electrons. The highest BCUT2D eigenvalue weighted by Gasteiger charge is 2.30. The molecule has 1 aliphatic carbocycles. The van der Waals surface area contributed by atoms with Crippen LogP contribution >= 0.6 is 15.9 Å². The van der Waals surface area contributed by atoms with Gasteiger partial charge in [-0.3, -0.25) is 0 Å². The van der Waals surface area contributed by atoms with Gasteiger partial charge in [-0.2, -0.15) is 0 Å². The van der Waals surface area contributed by atoms with Crippen LogP contribution in [0, 0.1) is 0 Å². The van der Waals surface area contributed by atoms with Crippen molar-refractivity contribution in [3.63, 3.8) is 0 Å². The fourth-order valence-electron chi connectivity index (χ4n) is 1.90. The molecule has 2 nitrogen and oxygen atoms in total. The lowest BCUT2D eigenvalue weighted by atomic mass is 9.78. The summed E-state index contributed by atoms with van der Waals surface area (Å²) in [6, 6.07) is 5.75. The zero-order valence-corrected chi connectivity index (χ0v) is 10.5. The van der Waals surface area contributed by atoms with Crippen LogP contribution in [0.15, 0.2) is 22.7 Å². The summed E-state index contributed by atoms with van der Waals surface area (Å²) in [5.74, 6) is 0.355. The fourth-order valence-corrected chi connectivity index (χ4v) is 2.30. The van der Waals surface area contributed by atoms with Gasteiger partial charge in [-0.25, -0.2) is 0 Å². The van der Waals surface area contributed by atoms with Crippen molar-refractivity contribution in [3.8, 4) is 5.75 Å². The number of phenols is 1. The summed E-state index contributed by atoms with van der Waals surface area (Å²) in [5, 5.41) is 13.3. The Morgan fingerprint density at radius 1 is 1.47 bits per heavy atom. The van der Waals surface area contributed by atoms with E-state index in [1.165, 1.54) is 19.3 Å². The number of nitrogens with one attached hydrogen (secondary N) is 1. The first kappa shape index (κ1) is 11.0. The van der Waals surface area contributed by atoms with Gasteiger partial charge in [-0.1, -0.05) is 12.1 Å². The second-order valence-electron chi connectivity index (χ2n) is 4.52. The molecule has 1 fully saturated rings. The Kier molecular flexibility index (Phi) is 3.03. The molecule has 0 aliphatic heterocycles. The largest absolute Gasteiger partial charge is 0.506 e. The first-order valence-corrected chi connectivity index (χ1v) is 6.11. The predicted molar refractivity (Wildman–Crippen MR) is 64.9 cm³/mol. The highest BCUT2D eigenvalue weighted by atomic mass is 79.9. The summed E-state index contributed by atoms with van der Waals surface area (Å²) in [6.45, 7) is 2.98. The summed E-state index contributed by atoms with van der Waals surface area (Å²) >= 11 is 3.32. The average Bonchev–Trinajstić information content (AvgIpc) is 2.17. The molecular formula is C12H16BrNO. The Labute approximate surface area is 98.8 Å². The van der Waals surface area contributed by atoms with Gasteiger partial charge >= 0.3 is 0 Å². The summed E-state index contributed by atoms with van der Waals surface area (Å²) in [4.78, 5) is 0. The van der Waals surface area contributed by atoms with Crippen LogP contribution in [0.1, 0.15) is 31.7 Å². The maximum absolute atomic E-state index is 9.80. The number of hydrogen-bond acceptors (Lipinski definition) is 2. The molecule has 0 spiro atoms. The Balaban J connectivity index is 2.01. The van der Waals surface area contributed by atoms with Gasteiger partial charge < -0.3 is 10.4 Å². The normalized spacial score (nSPS) is 18.5. The number of halogens is 1. The summed E-state index contributed by atoms with van der Waals surface area (Å²) in [7, 11) is 0. The Morgan fingerprint density at radius 2 is 2.20 bits per heavy atom. The third kappa shape index (κ3) is 2.34. The molecule has 0 heterocycles. The zero-order chi connectivity index (χ0) is 10.9. The molecule has 3 heteroatoms. The molecule has 0 atom stereocenters. The van der Waals surface area contributed by atoms with Crippen LogP contribution < -0.4 is 5.32 Å². The zero-order valence-electron chi connectivity index (χ0n) is 8.89. The van der Waals surface area contributed by atoms with Crippen molar-refractivity contribution < 1.29 is 5.11 Å². The molecule has 0 unspecified atom stereocenters. The van der Waals surface area contributed by atoms with Crippen LogP contribution in [0.4, 0.5) is 0 Å². The van der Waals surface area contributed by atoms with Crippen LogP contribution in [0.25, 0.3) is 0 Å². The topological polar surface area (TPSA) is 32.3 Å². The van der Waals surface area contributed by atoms with E-state index in [1.54, 1.807) is 0 Å². The molecule has 1 saturated carbocycles. The van der Waals surface area contributed by atoms with Gasteiger partial charge in [-0.15, -0.1) is 0 Å². The second kappa shape index (κ2) is 4.14. The smallest absolute Gasteiger partial charge is 0.134 e. The molecule has 2 N–H and O–H groups in total. The third-order valence-corrected chi connectivity index (χ3v) is 3.87. The van der Waals surface area contributed by atoms with Gasteiger partial charge in [0.25, 0.3) is 0 Å². The standard InChI is InChI=1S/C12H16BrNO/c1-12(6-3-7-12)14-8-9-4-2-5-10(13)11(9)15/h2,4-5,14-15H,3,6-8H2,1H3. The van der Waals surface area contributed by atoms with Crippen molar-refractivity contribution in [1.29, 1.82) is 0 Å². The van der Waals surface area contributed by atoms with E-state index in [0.717, 1.165) is 16.6 Å². The van der Waals surface area contributed by atoms with E-state index in [2.05, 4.69) is 28.2 Å². The minimum Gasteiger partial charge on any atom is -0.506 e. The van der Waals surface area contributed by atoms with E-state index in [4.69, 9.17) is 0 Å². The van der Waals surface area contributed by atoms with E-state index in [-0.39, 0.29) is 5.54 Å². The average molecular weight is 270 g/mol. The van der Waals surface area contributed by atoms with Crippen LogP contribution in [0.2, 0.25) is 0 Å². The lowest BCUT2D eigenvalue weighted by Crippen LogP contribution is -2.47. The Bertz CT molecular complexity index is 361. The molecule has 1 aliphatic rings. The van der Waals surface area contributed by atoms with Gasteiger partial charge in [0.05, 0.1) is 4.47 Å². The SMILES string of the molecule is CC1(NCc2cccc(Br)c2O)CCC1. The van der Waals surface area contributed by atoms with Crippen molar-refractivity contribution in [3.05, 3.63) is 28.2 Å². The first-order valence-electron chi connectivity index (χ1n) is 5.32. The maximum Gasteiger partial charge on any atom is 0.134 e. The number of para-hydroxylation sites is 1. The molecule has 0 saturated heterocycles. The van der Waals surface area contributed by atoms with Gasteiger partial charge in [0.2, 0.25) is 0 Å². The van der Waals surface area contributed by atoms with Crippen molar-refractivity contribution in [1.82, 2.24) is 5.32 Å². The van der Waals surface area contributed by atoms with E-state index in [1.807, 2.05) is 18.2 Å². The molecule has 1 aromatic carbocycles. The molecule has 15 heavy (non-hydrogen) atoms. The highest BCUT2D eigenvalue weighted by molar-refractivity contribution is 9.10. The Morgan fingerprint density at radius 3 is 2.80 bits per heavy atom. The molecular weight excluding hydrogens is 254 g/mol. The minimum atomic E-state index is 0.286. The lowest BCUT2D eigenvalue weighted by molar-refractivity contribution is 0.206. The van der Waals surface area contributed by atoms with E-state index < -0.39 is 0 Å². The highest BCUT2D eigenvalue weighted by Crippen LogP contribution is 2.33. The molecule has 2 rings (SSSR count). The van der Waals surface area contributed by atoms with Gasteiger partial charge in [-0.05, 0) is 48.2 Å². The number of phenolic OH excluding ortho intramolecular Hbond substituents is 1. The summed E-state index contributed by atoms with van der Waals surface area (Å²) in [5.41, 5.74) is 1.24. The van der Waals surface area contributed by atoms with Crippen LogP contribution in [-0.2, 0) is 6.54 Å². The maximum atomic E-state index is 9.80. The first-order chi connectivity index (χ1) is 7.11. The van der Waals surface area contributed by atoms with Crippen molar-refractivity contribution in [2.75, 3.05) is 0 Å². The molecule has 0 amide bonds. The van der Waals surface area contributed by atoms with Crippen LogP contribution in [-0.4, -0.2) is 10.6 Å². The molecule has 0 bridgehead atoms. The van der Waals surface area contributed by atoms with E-state index in [0.29, 0.717) is 5.75 Å². The molecule has 0 radical (unpaired) electrons. The second-order valence-corrected chi connectivity index (χ2v) is 5.37. The predicted octanol–water partition coefficient (Wildman–Crippen LogP) is 3.19. The summed E-state index contributed by atoms with van der Waals surface area (Å²) < 4.78 is 0.764. The quantitative estimate of drug-likeness (QED) is 0.884. The van der Waals surface area contributed by atoms with Crippen LogP contribution in [0.5, 0.6) is 5.75 Å². The lowest BCUT2D eigenvalue weighted by Gasteiger charge is -2.39. The van der Waals surface area contributed by atoms with E-state index in [9.17, 15) is 5.11 Å². The van der Waals surface area contributed by atoms with Crippen LogP contribution in [0.3, 0.4) is 0 Å². The van der Waals surface area contributed by atoms with Gasteiger partial charge in [0.1, 0.15) is 5.75 Å². The molecule has 0 aromatic heterocycles. The van der Waals surface area contributed by atoms with Gasteiger partial charge in [0, 0.05) is 17.6 Å². The van der Waals surface area contributed by atoms with E-state index >= 15 is 0 Å². The number of hydrogen-bond donors (Lipinski definition) is 2. The van der Waals surface area contributed by atoms with Crippen molar-refractivity contribution in [2.24, 2.45) is 0 Å². The number of benzene rings is 1. The van der Waals surface area contributed by atoms with Crippen molar-refractivity contribution in [2.45, 2.75) is 38.3 Å². The van der Waals surface area contributed by atoms with Crippen molar-refractivity contribution >= 4 is 15.9 Å². The fraction of sp³-hybridized carbons (Fsp3) is 0.500. The summed E-state index contributed by atoms with van der Waals surface area (Å²) in [6.07, 6.45) is 3.79. The number of rotatable bonds is 3. The number of aromatic hydroxyl groups is 1. The monoisotopic (exact) mass is 269 g/mol. The molecule has 1 aromatic rings. The third-order valence-electron chi connectivity index (χ3n) is 3.23. The van der Waals surface area contributed by atoms with Gasteiger partial charge in [0.15, 0.2) is 0 Å². The minimum absolute atomic E-state index is 0.286.